The molecule has 1 aromatic carbocycles. The molecule has 0 aliphatic carbocycles. The van der Waals surface area contributed by atoms with Gasteiger partial charge in [-0.2, -0.15) is 5.10 Å². The van der Waals surface area contributed by atoms with Gasteiger partial charge in [-0.1, -0.05) is 25.4 Å². The zero-order chi connectivity index (χ0) is 17.1. The highest BCUT2D eigenvalue weighted by Gasteiger charge is 2.21. The van der Waals surface area contributed by atoms with Crippen LogP contribution in [-0.4, -0.2) is 30.0 Å². The molecule has 1 aliphatic rings. The van der Waals surface area contributed by atoms with E-state index in [9.17, 15) is 0 Å². The van der Waals surface area contributed by atoms with Gasteiger partial charge in [0.1, 0.15) is 0 Å². The minimum absolute atomic E-state index is 0.416. The van der Waals surface area contributed by atoms with Crippen LogP contribution in [0.5, 0.6) is 11.5 Å². The van der Waals surface area contributed by atoms with Gasteiger partial charge >= 0.3 is 0 Å². The molecule has 0 saturated heterocycles. The summed E-state index contributed by atoms with van der Waals surface area (Å²) in [5.41, 5.74) is 4.27. The van der Waals surface area contributed by atoms with Crippen LogP contribution in [-0.2, 0) is 13.0 Å². The second kappa shape index (κ2) is 7.45. The number of hydrogen-bond acceptors (Lipinski definition) is 4. The van der Waals surface area contributed by atoms with Crippen molar-refractivity contribution in [1.29, 1.82) is 0 Å². The van der Waals surface area contributed by atoms with Crippen LogP contribution in [0, 0.1) is 5.92 Å². The first kappa shape index (κ1) is 17.1. The van der Waals surface area contributed by atoms with E-state index in [4.69, 9.17) is 21.1 Å². The molecule has 0 bridgehead atoms. The molecule has 3 rings (SSSR count). The van der Waals surface area contributed by atoms with Crippen LogP contribution in [0.15, 0.2) is 12.1 Å². The van der Waals surface area contributed by atoms with E-state index in [0.717, 1.165) is 30.8 Å². The second-order valence-electron chi connectivity index (χ2n) is 6.38. The molecule has 0 fully saturated rings. The number of H-pyrrole nitrogens is 1. The fourth-order valence-corrected chi connectivity index (χ4v) is 3.09. The Morgan fingerprint density at radius 2 is 2.12 bits per heavy atom. The van der Waals surface area contributed by atoms with E-state index in [1.165, 1.54) is 11.3 Å². The number of nitrogens with zero attached hydrogens (tertiary/aromatic N) is 1. The summed E-state index contributed by atoms with van der Waals surface area (Å²) in [6.07, 6.45) is 0.962. The molecular weight excluding hydrogens is 326 g/mol. The fraction of sp³-hybridized carbons (Fsp3) is 0.500. The predicted molar refractivity (Wildman–Crippen MR) is 95.9 cm³/mol. The van der Waals surface area contributed by atoms with E-state index in [0.29, 0.717) is 35.7 Å². The number of ether oxygens (including phenoxy) is 2. The number of nitrogens with one attached hydrogen (secondary N) is 2. The topological polar surface area (TPSA) is 59.2 Å². The SMILES string of the molecule is CCOc1cc(-c2n[nH]c3c2CNCC3)cc(Cl)c1OCC(C)C. The standard InChI is InChI=1S/C18H24ClN3O2/c1-4-23-16-8-12(7-14(19)18(16)24-10-11(2)3)17-13-9-20-6-5-15(13)21-22-17/h7-8,11,20H,4-6,9-10H2,1-3H3,(H,21,22). The lowest BCUT2D eigenvalue weighted by Gasteiger charge is -2.17. The highest BCUT2D eigenvalue weighted by atomic mass is 35.5. The summed E-state index contributed by atoms with van der Waals surface area (Å²) in [5.74, 6) is 1.69. The van der Waals surface area contributed by atoms with Gasteiger partial charge in [-0.25, -0.2) is 0 Å². The molecule has 2 heterocycles. The summed E-state index contributed by atoms with van der Waals surface area (Å²) >= 11 is 6.50. The molecule has 1 aromatic heterocycles. The van der Waals surface area contributed by atoms with Crippen molar-refractivity contribution in [3.05, 3.63) is 28.4 Å². The maximum Gasteiger partial charge on any atom is 0.179 e. The number of aromatic amines is 1. The number of rotatable bonds is 6. The number of aromatic nitrogens is 2. The smallest absolute Gasteiger partial charge is 0.179 e. The quantitative estimate of drug-likeness (QED) is 0.832. The summed E-state index contributed by atoms with van der Waals surface area (Å²) in [6, 6.07) is 3.88. The molecule has 1 aliphatic heterocycles. The molecule has 0 atom stereocenters. The molecule has 0 radical (unpaired) electrons. The van der Waals surface area contributed by atoms with E-state index in [1.54, 1.807) is 0 Å². The lowest BCUT2D eigenvalue weighted by molar-refractivity contribution is 0.248. The monoisotopic (exact) mass is 349 g/mol. The van der Waals surface area contributed by atoms with Gasteiger partial charge in [-0.15, -0.1) is 0 Å². The molecule has 2 N–H and O–H groups in total. The maximum atomic E-state index is 6.50. The Morgan fingerprint density at radius 1 is 1.29 bits per heavy atom. The van der Waals surface area contributed by atoms with E-state index in [2.05, 4.69) is 29.4 Å². The lowest BCUT2D eigenvalue weighted by Crippen LogP contribution is -2.23. The maximum absolute atomic E-state index is 6.50. The summed E-state index contributed by atoms with van der Waals surface area (Å²) < 4.78 is 11.6. The zero-order valence-electron chi connectivity index (χ0n) is 14.4. The Morgan fingerprint density at radius 3 is 2.88 bits per heavy atom. The fourth-order valence-electron chi connectivity index (χ4n) is 2.82. The van der Waals surface area contributed by atoms with E-state index in [1.807, 2.05) is 19.1 Å². The van der Waals surface area contributed by atoms with E-state index >= 15 is 0 Å². The van der Waals surface area contributed by atoms with Gasteiger partial charge in [0.2, 0.25) is 0 Å². The largest absolute Gasteiger partial charge is 0.490 e. The number of halogens is 1. The zero-order valence-corrected chi connectivity index (χ0v) is 15.2. The van der Waals surface area contributed by atoms with Crippen molar-refractivity contribution in [3.63, 3.8) is 0 Å². The third-order valence-electron chi connectivity index (χ3n) is 3.95. The second-order valence-corrected chi connectivity index (χ2v) is 6.79. The third-order valence-corrected chi connectivity index (χ3v) is 4.23. The van der Waals surface area contributed by atoms with Gasteiger partial charge in [-0.05, 0) is 25.0 Å². The molecule has 0 saturated carbocycles. The summed E-state index contributed by atoms with van der Waals surface area (Å²) in [7, 11) is 0. The average molecular weight is 350 g/mol. The van der Waals surface area contributed by atoms with Crippen LogP contribution in [0.3, 0.4) is 0 Å². The van der Waals surface area contributed by atoms with Crippen molar-refractivity contribution in [2.24, 2.45) is 5.92 Å². The Labute approximate surface area is 147 Å². The van der Waals surface area contributed by atoms with Crippen LogP contribution in [0.2, 0.25) is 5.02 Å². The van der Waals surface area contributed by atoms with Crippen molar-refractivity contribution in [2.75, 3.05) is 19.8 Å². The van der Waals surface area contributed by atoms with Crippen LogP contribution in [0.25, 0.3) is 11.3 Å². The number of benzene rings is 1. The average Bonchev–Trinajstić information content (AvgIpc) is 2.98. The van der Waals surface area contributed by atoms with Crippen molar-refractivity contribution in [3.8, 4) is 22.8 Å². The Bertz CT molecular complexity index is 713. The molecular formula is C18H24ClN3O2. The van der Waals surface area contributed by atoms with Crippen molar-refractivity contribution in [2.45, 2.75) is 33.7 Å². The van der Waals surface area contributed by atoms with Crippen molar-refractivity contribution in [1.82, 2.24) is 15.5 Å². The van der Waals surface area contributed by atoms with Crippen molar-refractivity contribution >= 4 is 11.6 Å². The minimum Gasteiger partial charge on any atom is -0.490 e. The van der Waals surface area contributed by atoms with Crippen LogP contribution in [0.1, 0.15) is 32.0 Å². The number of hydrogen-bond donors (Lipinski definition) is 2. The van der Waals surface area contributed by atoms with Gasteiger partial charge < -0.3 is 14.8 Å². The van der Waals surface area contributed by atoms with E-state index < -0.39 is 0 Å². The molecule has 0 spiro atoms. The Kier molecular flexibility index (Phi) is 5.31. The molecule has 0 amide bonds. The third kappa shape index (κ3) is 3.52. The molecule has 130 valence electrons. The molecule has 2 aromatic rings. The lowest BCUT2D eigenvalue weighted by atomic mass is 10.0. The molecule has 5 nitrogen and oxygen atoms in total. The normalized spacial score (nSPS) is 13.9. The Balaban J connectivity index is 1.99. The first-order valence-corrected chi connectivity index (χ1v) is 8.84. The molecule has 24 heavy (non-hydrogen) atoms. The summed E-state index contributed by atoms with van der Waals surface area (Å²) in [4.78, 5) is 0. The summed E-state index contributed by atoms with van der Waals surface area (Å²) in [5, 5.41) is 11.6. The van der Waals surface area contributed by atoms with Gasteiger partial charge in [0.15, 0.2) is 11.5 Å². The predicted octanol–water partition coefficient (Wildman–Crippen LogP) is 3.81. The number of fused-ring (bicyclic) bond motifs is 1. The molecule has 6 heteroatoms. The van der Waals surface area contributed by atoms with Crippen LogP contribution < -0.4 is 14.8 Å². The van der Waals surface area contributed by atoms with Gasteiger partial charge in [0.25, 0.3) is 0 Å². The minimum atomic E-state index is 0.416. The highest BCUT2D eigenvalue weighted by molar-refractivity contribution is 6.32. The first-order valence-electron chi connectivity index (χ1n) is 8.46. The first-order chi connectivity index (χ1) is 11.6. The summed E-state index contributed by atoms with van der Waals surface area (Å²) in [6.45, 7) is 9.10. The van der Waals surface area contributed by atoms with Crippen LogP contribution >= 0.6 is 11.6 Å². The van der Waals surface area contributed by atoms with E-state index in [-0.39, 0.29) is 0 Å². The Hall–Kier alpha value is -1.72. The van der Waals surface area contributed by atoms with Gasteiger partial charge in [0.05, 0.1) is 23.9 Å². The van der Waals surface area contributed by atoms with Gasteiger partial charge in [0, 0.05) is 36.3 Å². The van der Waals surface area contributed by atoms with Crippen molar-refractivity contribution < 1.29 is 9.47 Å². The van der Waals surface area contributed by atoms with Gasteiger partial charge in [-0.3, -0.25) is 5.10 Å². The highest BCUT2D eigenvalue weighted by Crippen LogP contribution is 2.40. The molecule has 0 unspecified atom stereocenters. The van der Waals surface area contributed by atoms with Crippen LogP contribution in [0.4, 0.5) is 0 Å².